The van der Waals surface area contributed by atoms with Crippen LogP contribution in [0.25, 0.3) is 0 Å². The summed E-state index contributed by atoms with van der Waals surface area (Å²) < 4.78 is 35.2. The topological polar surface area (TPSA) is 104 Å². The number of aliphatic hydroxyl groups is 1. The third-order valence-electron chi connectivity index (χ3n) is 2.76. The number of carbonyl (C=O) groups is 1. The van der Waals surface area contributed by atoms with Gasteiger partial charge in [-0.25, -0.2) is 4.79 Å². The molecule has 126 valence electrons. The smallest absolute Gasteiger partial charge is 0.333 e. The van der Waals surface area contributed by atoms with E-state index in [4.69, 9.17) is 4.55 Å². The Bertz CT molecular complexity index is 430. The third kappa shape index (κ3) is 7.03. The van der Waals surface area contributed by atoms with E-state index in [2.05, 4.69) is 11.3 Å². The quantitative estimate of drug-likeness (QED) is 0.315. The van der Waals surface area contributed by atoms with E-state index in [9.17, 15) is 18.3 Å². The molecular formula is C13H27NO6S. The van der Waals surface area contributed by atoms with Crippen molar-refractivity contribution in [2.24, 2.45) is 0 Å². The Labute approximate surface area is 127 Å². The van der Waals surface area contributed by atoms with Crippen molar-refractivity contribution in [1.82, 2.24) is 4.90 Å². The number of hydrogen-bond acceptors (Lipinski definition) is 6. The largest absolute Gasteiger partial charge is 0.463 e. The van der Waals surface area contributed by atoms with Gasteiger partial charge in [0, 0.05) is 12.0 Å². The van der Waals surface area contributed by atoms with Gasteiger partial charge in [-0.1, -0.05) is 27.4 Å². The van der Waals surface area contributed by atoms with Crippen LogP contribution in [0.3, 0.4) is 0 Å². The molecule has 0 aliphatic rings. The molecule has 1 atom stereocenters. The van der Waals surface area contributed by atoms with Gasteiger partial charge in [0.25, 0.3) is 0 Å². The SMILES string of the molecule is C=C(C)C(=O)OCC.CCN(CC)C(O)(CC)S(=O)(=O)O. The first-order chi connectivity index (χ1) is 9.51. The lowest BCUT2D eigenvalue weighted by molar-refractivity contribution is -0.138. The summed E-state index contributed by atoms with van der Waals surface area (Å²) in [6.45, 7) is 12.9. The third-order valence-corrected chi connectivity index (χ3v) is 4.13. The van der Waals surface area contributed by atoms with Gasteiger partial charge in [-0.2, -0.15) is 8.42 Å². The molecule has 0 fully saturated rings. The first-order valence-electron chi connectivity index (χ1n) is 6.78. The highest BCUT2D eigenvalue weighted by atomic mass is 32.2. The molecular weight excluding hydrogens is 298 g/mol. The average molecular weight is 325 g/mol. The summed E-state index contributed by atoms with van der Waals surface area (Å²) in [4.78, 5) is 11.7. The second-order valence-corrected chi connectivity index (χ2v) is 5.85. The molecule has 0 amide bonds. The van der Waals surface area contributed by atoms with E-state index in [0.29, 0.717) is 25.3 Å². The van der Waals surface area contributed by atoms with Crippen molar-refractivity contribution in [3.8, 4) is 0 Å². The molecule has 0 aromatic heterocycles. The molecule has 0 spiro atoms. The predicted octanol–water partition coefficient (Wildman–Crippen LogP) is 1.40. The number of rotatable bonds is 7. The van der Waals surface area contributed by atoms with Gasteiger partial charge < -0.3 is 9.84 Å². The van der Waals surface area contributed by atoms with Gasteiger partial charge in [-0.3, -0.25) is 9.45 Å². The molecule has 0 saturated heterocycles. The Kier molecular flexibility index (Phi) is 10.5. The number of nitrogens with zero attached hydrogens (tertiary/aromatic N) is 1. The summed E-state index contributed by atoms with van der Waals surface area (Å²) >= 11 is 0. The Hall–Kier alpha value is -0.960. The van der Waals surface area contributed by atoms with E-state index < -0.39 is 15.2 Å². The maximum absolute atomic E-state index is 10.9. The number of carbonyl (C=O) groups excluding carboxylic acids is 1. The summed E-state index contributed by atoms with van der Waals surface area (Å²) in [7, 11) is -4.46. The fourth-order valence-corrected chi connectivity index (χ4v) is 2.49. The molecule has 1 unspecified atom stereocenters. The van der Waals surface area contributed by atoms with Crippen molar-refractivity contribution in [3.63, 3.8) is 0 Å². The van der Waals surface area contributed by atoms with Crippen LogP contribution in [0, 0.1) is 0 Å². The molecule has 7 nitrogen and oxygen atoms in total. The van der Waals surface area contributed by atoms with E-state index in [1.165, 1.54) is 11.8 Å². The second-order valence-electron chi connectivity index (χ2n) is 4.24. The minimum atomic E-state index is -4.46. The summed E-state index contributed by atoms with van der Waals surface area (Å²) in [5.74, 6) is -0.312. The molecule has 0 aromatic rings. The van der Waals surface area contributed by atoms with E-state index >= 15 is 0 Å². The fraction of sp³-hybridized carbons (Fsp3) is 0.769. The molecule has 0 aliphatic carbocycles. The minimum Gasteiger partial charge on any atom is -0.463 e. The number of hydrogen-bond donors (Lipinski definition) is 2. The van der Waals surface area contributed by atoms with Gasteiger partial charge in [-0.05, 0) is 26.9 Å². The maximum Gasteiger partial charge on any atom is 0.333 e. The Morgan fingerprint density at radius 2 is 1.67 bits per heavy atom. The molecule has 0 radical (unpaired) electrons. The molecule has 2 N–H and O–H groups in total. The van der Waals surface area contributed by atoms with Crippen LogP contribution in [0.1, 0.15) is 41.0 Å². The predicted molar refractivity (Wildman–Crippen MR) is 81.2 cm³/mol. The highest BCUT2D eigenvalue weighted by molar-refractivity contribution is 7.87. The van der Waals surface area contributed by atoms with Crippen LogP contribution >= 0.6 is 0 Å². The van der Waals surface area contributed by atoms with E-state index in [1.807, 2.05) is 0 Å². The lowest BCUT2D eigenvalue weighted by atomic mass is 10.3. The van der Waals surface area contributed by atoms with E-state index in [0.717, 1.165) is 0 Å². The van der Waals surface area contributed by atoms with E-state index in [1.54, 1.807) is 27.7 Å². The van der Waals surface area contributed by atoms with Gasteiger partial charge in [0.1, 0.15) is 0 Å². The van der Waals surface area contributed by atoms with Gasteiger partial charge in [0.15, 0.2) is 0 Å². The van der Waals surface area contributed by atoms with Gasteiger partial charge in [-0.15, -0.1) is 0 Å². The summed E-state index contributed by atoms with van der Waals surface area (Å²) in [6, 6.07) is 0. The molecule has 0 aromatic carbocycles. The van der Waals surface area contributed by atoms with Crippen molar-refractivity contribution < 1.29 is 27.6 Å². The molecule has 0 aliphatic heterocycles. The van der Waals surface area contributed by atoms with Crippen LogP contribution in [0.4, 0.5) is 0 Å². The molecule has 0 saturated carbocycles. The first-order valence-corrected chi connectivity index (χ1v) is 8.22. The normalized spacial score (nSPS) is 13.9. The second kappa shape index (κ2) is 9.88. The van der Waals surface area contributed by atoms with Crippen LogP contribution < -0.4 is 0 Å². The Morgan fingerprint density at radius 3 is 1.76 bits per heavy atom. The number of esters is 1. The van der Waals surface area contributed by atoms with Crippen molar-refractivity contribution in [2.75, 3.05) is 19.7 Å². The van der Waals surface area contributed by atoms with Gasteiger partial charge in [0.05, 0.1) is 6.61 Å². The Morgan fingerprint density at radius 1 is 1.24 bits per heavy atom. The zero-order valence-corrected chi connectivity index (χ0v) is 14.2. The summed E-state index contributed by atoms with van der Waals surface area (Å²) in [6.07, 6.45) is -0.0620. The van der Waals surface area contributed by atoms with Crippen LogP contribution in [-0.2, 0) is 19.6 Å². The molecule has 0 bridgehead atoms. The molecule has 0 heterocycles. The fourth-order valence-electron chi connectivity index (χ4n) is 1.54. The minimum absolute atomic E-state index is 0.0620. The first kappa shape index (κ1) is 22.3. The maximum atomic E-state index is 10.9. The van der Waals surface area contributed by atoms with Crippen molar-refractivity contribution in [2.45, 2.75) is 46.1 Å². The van der Waals surface area contributed by atoms with Crippen molar-refractivity contribution >= 4 is 16.1 Å². The highest BCUT2D eigenvalue weighted by Crippen LogP contribution is 2.21. The zero-order valence-electron chi connectivity index (χ0n) is 13.4. The van der Waals surface area contributed by atoms with Gasteiger partial charge in [0.2, 0.25) is 5.06 Å². The number of ether oxygens (including phenoxy) is 1. The van der Waals surface area contributed by atoms with Crippen LogP contribution in [0.5, 0.6) is 0 Å². The lowest BCUT2D eigenvalue weighted by Crippen LogP contribution is -2.53. The zero-order chi connectivity index (χ0) is 17.3. The standard InChI is InChI=1S/C7H17NO4S.C6H10O2/c1-4-7(9,13(10,11)12)8(5-2)6-3;1-4-8-6(7)5(2)3/h9H,4-6H2,1-3H3,(H,10,11,12);2,4H2,1,3H3. The monoisotopic (exact) mass is 325 g/mol. The summed E-state index contributed by atoms with van der Waals surface area (Å²) in [5.41, 5.74) is 0.451. The van der Waals surface area contributed by atoms with Crippen LogP contribution in [0.15, 0.2) is 12.2 Å². The molecule has 0 rings (SSSR count). The molecule has 8 heteroatoms. The average Bonchev–Trinajstić information content (AvgIpc) is 2.39. The summed E-state index contributed by atoms with van der Waals surface area (Å²) in [5, 5.41) is 7.56. The van der Waals surface area contributed by atoms with Crippen LogP contribution in [-0.4, -0.2) is 53.7 Å². The molecule has 21 heavy (non-hydrogen) atoms. The lowest BCUT2D eigenvalue weighted by Gasteiger charge is -2.34. The van der Waals surface area contributed by atoms with Crippen molar-refractivity contribution in [3.05, 3.63) is 12.2 Å². The van der Waals surface area contributed by atoms with E-state index in [-0.39, 0.29) is 12.4 Å². The highest BCUT2D eigenvalue weighted by Gasteiger charge is 2.43. The van der Waals surface area contributed by atoms with Crippen LogP contribution in [0.2, 0.25) is 0 Å². The van der Waals surface area contributed by atoms with Gasteiger partial charge >= 0.3 is 16.1 Å². The Balaban J connectivity index is 0. The van der Waals surface area contributed by atoms with Crippen molar-refractivity contribution in [1.29, 1.82) is 0 Å².